The van der Waals surface area contributed by atoms with Crippen LogP contribution >= 0.6 is 0 Å². The minimum Gasteiger partial charge on any atom is -0.494 e. The fraction of sp³-hybridized carbons (Fsp3) is 0.414. The number of alkyl carbamates (subject to hydrolysis) is 1. The molecule has 2 aromatic carbocycles. The van der Waals surface area contributed by atoms with Crippen molar-refractivity contribution in [3.63, 3.8) is 0 Å². The lowest BCUT2D eigenvalue weighted by Gasteiger charge is -2.19. The van der Waals surface area contributed by atoms with Crippen LogP contribution in [-0.2, 0) is 16.0 Å². The SMILES string of the molecule is CCOC(=O)c1ccc(Nc2nc(NCc3ccc(OCCCNC(=O)OC(C)(C)C)cc3)nc(OCC(F)(F)F)n2)cc1. The first-order chi connectivity index (χ1) is 20.8. The predicted octanol–water partition coefficient (Wildman–Crippen LogP) is 5.64. The molecule has 3 rings (SSSR count). The normalized spacial score (nSPS) is 11.3. The van der Waals surface area contributed by atoms with E-state index in [2.05, 4.69) is 30.9 Å². The van der Waals surface area contributed by atoms with Crippen molar-refractivity contribution in [2.75, 3.05) is 37.0 Å². The monoisotopic (exact) mass is 620 g/mol. The van der Waals surface area contributed by atoms with Crippen molar-refractivity contribution in [2.45, 2.75) is 52.4 Å². The van der Waals surface area contributed by atoms with Gasteiger partial charge in [-0.1, -0.05) is 12.1 Å². The van der Waals surface area contributed by atoms with Gasteiger partial charge in [0.25, 0.3) is 0 Å². The highest BCUT2D eigenvalue weighted by atomic mass is 19.4. The Morgan fingerprint density at radius 3 is 2.20 bits per heavy atom. The number of nitrogens with zero attached hydrogens (tertiary/aromatic N) is 3. The van der Waals surface area contributed by atoms with Crippen molar-refractivity contribution in [3.05, 3.63) is 59.7 Å². The molecule has 1 heterocycles. The molecule has 0 bridgehead atoms. The largest absolute Gasteiger partial charge is 0.494 e. The van der Waals surface area contributed by atoms with E-state index in [1.54, 1.807) is 64.1 Å². The van der Waals surface area contributed by atoms with Gasteiger partial charge in [-0.2, -0.15) is 28.1 Å². The number of esters is 1. The number of ether oxygens (including phenoxy) is 4. The maximum atomic E-state index is 12.8. The molecule has 3 N–H and O–H groups in total. The number of anilines is 3. The molecule has 0 atom stereocenters. The highest BCUT2D eigenvalue weighted by molar-refractivity contribution is 5.89. The third-order valence-electron chi connectivity index (χ3n) is 5.26. The van der Waals surface area contributed by atoms with E-state index < -0.39 is 36.5 Å². The number of nitrogens with one attached hydrogen (secondary N) is 3. The second kappa shape index (κ2) is 15.6. The summed E-state index contributed by atoms with van der Waals surface area (Å²) in [5.74, 6) is 0.0318. The Morgan fingerprint density at radius 2 is 1.57 bits per heavy atom. The number of halogens is 3. The van der Waals surface area contributed by atoms with Gasteiger partial charge in [0.1, 0.15) is 11.4 Å². The summed E-state index contributed by atoms with van der Waals surface area (Å²) in [6, 6.07) is 12.8. The van der Waals surface area contributed by atoms with Crippen molar-refractivity contribution < 1.29 is 41.7 Å². The summed E-state index contributed by atoms with van der Waals surface area (Å²) in [4.78, 5) is 35.6. The summed E-state index contributed by atoms with van der Waals surface area (Å²) in [5.41, 5.74) is 1.04. The fourth-order valence-electron chi connectivity index (χ4n) is 3.39. The zero-order valence-corrected chi connectivity index (χ0v) is 24.8. The van der Waals surface area contributed by atoms with E-state index in [1.807, 2.05) is 0 Å². The summed E-state index contributed by atoms with van der Waals surface area (Å²) >= 11 is 0. The van der Waals surface area contributed by atoms with Crippen molar-refractivity contribution >= 4 is 29.6 Å². The van der Waals surface area contributed by atoms with E-state index >= 15 is 0 Å². The molecule has 15 heteroatoms. The topological polar surface area (TPSA) is 146 Å². The smallest absolute Gasteiger partial charge is 0.422 e. The molecule has 0 radical (unpaired) electrons. The van der Waals surface area contributed by atoms with Gasteiger partial charge in [0.2, 0.25) is 11.9 Å². The van der Waals surface area contributed by atoms with Gasteiger partial charge < -0.3 is 34.9 Å². The summed E-state index contributed by atoms with van der Waals surface area (Å²) in [6.07, 6.45) is -4.50. The summed E-state index contributed by atoms with van der Waals surface area (Å²) in [7, 11) is 0. The molecular formula is C29H35F3N6O6. The quantitative estimate of drug-likeness (QED) is 0.152. The first kappa shape index (κ1) is 33.7. The summed E-state index contributed by atoms with van der Waals surface area (Å²) < 4.78 is 58.8. The Bertz CT molecular complexity index is 1370. The number of aromatic nitrogens is 3. The van der Waals surface area contributed by atoms with Crippen molar-refractivity contribution in [1.82, 2.24) is 20.3 Å². The third kappa shape index (κ3) is 12.6. The van der Waals surface area contributed by atoms with Gasteiger partial charge in [-0.25, -0.2) is 9.59 Å². The lowest BCUT2D eigenvalue weighted by Crippen LogP contribution is -2.33. The molecule has 1 amide bonds. The third-order valence-corrected chi connectivity index (χ3v) is 5.26. The first-order valence-corrected chi connectivity index (χ1v) is 13.7. The van der Waals surface area contributed by atoms with E-state index in [9.17, 15) is 22.8 Å². The van der Waals surface area contributed by atoms with Crippen LogP contribution in [0.3, 0.4) is 0 Å². The number of hydrogen-bond donors (Lipinski definition) is 3. The van der Waals surface area contributed by atoms with Crippen LogP contribution in [0.4, 0.5) is 35.5 Å². The average molecular weight is 621 g/mol. The standard InChI is InChI=1S/C29H35F3N6O6/c1-5-41-23(39)20-9-11-21(12-10-20)35-25-36-24(37-26(38-25)43-18-29(30,31)32)34-17-19-7-13-22(14-8-19)42-16-6-15-33-27(40)44-28(2,3)4/h7-14H,5-6,15-18H2,1-4H3,(H,33,40)(H2,34,35,36,37,38). The van der Waals surface area contributed by atoms with Crippen molar-refractivity contribution in [3.8, 4) is 11.8 Å². The number of carbonyl (C=O) groups is 2. The Kier molecular flexibility index (Phi) is 11.9. The van der Waals surface area contributed by atoms with Crippen LogP contribution in [0.25, 0.3) is 0 Å². The minimum atomic E-state index is -4.59. The van der Waals surface area contributed by atoms with Gasteiger partial charge in [-0.15, -0.1) is 0 Å². The Labute approximate surface area is 252 Å². The second-order valence-corrected chi connectivity index (χ2v) is 10.2. The average Bonchev–Trinajstić information content (AvgIpc) is 2.94. The molecule has 0 aliphatic heterocycles. The van der Waals surface area contributed by atoms with Crippen LogP contribution in [0.15, 0.2) is 48.5 Å². The van der Waals surface area contributed by atoms with Gasteiger partial charge in [-0.3, -0.25) is 0 Å². The van der Waals surface area contributed by atoms with Gasteiger partial charge in [-0.05, 0) is 76.1 Å². The van der Waals surface area contributed by atoms with E-state index in [4.69, 9.17) is 18.9 Å². The molecule has 3 aromatic rings. The minimum absolute atomic E-state index is 0.0272. The van der Waals surface area contributed by atoms with Crippen LogP contribution < -0.4 is 25.4 Å². The Hall–Kier alpha value is -4.82. The predicted molar refractivity (Wildman–Crippen MR) is 155 cm³/mol. The highest BCUT2D eigenvalue weighted by Gasteiger charge is 2.29. The molecule has 0 saturated carbocycles. The number of alkyl halides is 3. The molecule has 44 heavy (non-hydrogen) atoms. The van der Waals surface area contributed by atoms with Crippen LogP contribution in [-0.4, -0.2) is 65.2 Å². The van der Waals surface area contributed by atoms with Gasteiger partial charge in [0.15, 0.2) is 6.61 Å². The van der Waals surface area contributed by atoms with E-state index in [1.165, 1.54) is 12.1 Å². The Morgan fingerprint density at radius 1 is 0.886 bits per heavy atom. The van der Waals surface area contributed by atoms with Crippen LogP contribution in [0.2, 0.25) is 0 Å². The maximum Gasteiger partial charge on any atom is 0.422 e. The molecule has 0 unspecified atom stereocenters. The van der Waals surface area contributed by atoms with Gasteiger partial charge in [0.05, 0.1) is 18.8 Å². The first-order valence-electron chi connectivity index (χ1n) is 13.7. The molecule has 0 aliphatic carbocycles. The van der Waals surface area contributed by atoms with Gasteiger partial charge in [0, 0.05) is 18.8 Å². The molecular weight excluding hydrogens is 585 g/mol. The number of benzene rings is 2. The molecule has 238 valence electrons. The van der Waals surface area contributed by atoms with E-state index in [-0.39, 0.29) is 25.0 Å². The van der Waals surface area contributed by atoms with E-state index in [0.717, 1.165) is 5.56 Å². The van der Waals surface area contributed by atoms with Crippen molar-refractivity contribution in [1.29, 1.82) is 0 Å². The number of carbonyl (C=O) groups excluding carboxylic acids is 2. The van der Waals surface area contributed by atoms with Crippen LogP contribution in [0.5, 0.6) is 11.8 Å². The molecule has 12 nitrogen and oxygen atoms in total. The van der Waals surface area contributed by atoms with Gasteiger partial charge >= 0.3 is 24.2 Å². The molecule has 0 aliphatic rings. The van der Waals surface area contributed by atoms with Crippen molar-refractivity contribution in [2.24, 2.45) is 0 Å². The van der Waals surface area contributed by atoms with Crippen LogP contribution in [0.1, 0.15) is 50.0 Å². The Balaban J connectivity index is 1.57. The fourth-order valence-corrected chi connectivity index (χ4v) is 3.39. The number of hydrogen-bond acceptors (Lipinski definition) is 11. The lowest BCUT2D eigenvalue weighted by molar-refractivity contribution is -0.154. The zero-order valence-electron chi connectivity index (χ0n) is 24.8. The van der Waals surface area contributed by atoms with E-state index in [0.29, 0.717) is 36.6 Å². The maximum absolute atomic E-state index is 12.8. The highest BCUT2D eigenvalue weighted by Crippen LogP contribution is 2.21. The molecule has 0 saturated heterocycles. The summed E-state index contributed by atoms with van der Waals surface area (Å²) in [6.45, 7) is 6.71. The molecule has 0 spiro atoms. The summed E-state index contributed by atoms with van der Waals surface area (Å²) in [5, 5.41) is 8.48. The molecule has 1 aromatic heterocycles. The second-order valence-electron chi connectivity index (χ2n) is 10.2. The lowest BCUT2D eigenvalue weighted by atomic mass is 10.2. The zero-order chi connectivity index (χ0) is 32.2. The number of amides is 1. The molecule has 0 fully saturated rings. The number of rotatable bonds is 14. The van der Waals surface area contributed by atoms with Crippen LogP contribution in [0, 0.1) is 0 Å².